The van der Waals surface area contributed by atoms with Gasteiger partial charge in [-0.1, -0.05) is 12.1 Å². The highest BCUT2D eigenvalue weighted by Crippen LogP contribution is 2.31. The second kappa shape index (κ2) is 7.32. The van der Waals surface area contributed by atoms with Gasteiger partial charge >= 0.3 is 5.97 Å². The van der Waals surface area contributed by atoms with Crippen LogP contribution in [0, 0.1) is 0 Å². The standard InChI is InChI=1S/C20H19N3O5S/c1-13(24)21-14-8-10-15(11-9-14)28-20(25)17-6-4-12-23(17)19-16-5-2-3-7-18(16)29(26,27)22-19/h2-3,5,7-11,17H,4,6,12H2,1H3,(H,21,24)/t17-/m0/s1. The fourth-order valence-electron chi connectivity index (χ4n) is 3.55. The topological polar surface area (TPSA) is 105 Å². The Kier molecular flexibility index (Phi) is 4.83. The minimum Gasteiger partial charge on any atom is -0.425 e. The third-order valence-corrected chi connectivity index (χ3v) is 6.13. The van der Waals surface area contributed by atoms with E-state index in [1.807, 2.05) is 0 Å². The number of carbonyl (C=O) groups excluding carboxylic acids is 2. The van der Waals surface area contributed by atoms with Gasteiger partial charge in [-0.3, -0.25) is 4.79 Å². The van der Waals surface area contributed by atoms with Crippen molar-refractivity contribution in [3.8, 4) is 5.75 Å². The van der Waals surface area contributed by atoms with Crippen LogP contribution in [0.1, 0.15) is 25.3 Å². The first-order chi connectivity index (χ1) is 13.8. The summed E-state index contributed by atoms with van der Waals surface area (Å²) in [6.45, 7) is 1.93. The third-order valence-electron chi connectivity index (χ3n) is 4.80. The number of nitrogens with zero attached hydrogens (tertiary/aromatic N) is 2. The van der Waals surface area contributed by atoms with Crippen molar-refractivity contribution in [2.45, 2.75) is 30.7 Å². The number of esters is 1. The number of amides is 1. The Labute approximate surface area is 168 Å². The fourth-order valence-corrected chi connectivity index (χ4v) is 4.77. The summed E-state index contributed by atoms with van der Waals surface area (Å²) >= 11 is 0. The number of anilines is 1. The molecule has 4 rings (SSSR count). The number of hydrogen-bond acceptors (Lipinski definition) is 6. The van der Waals surface area contributed by atoms with E-state index in [-0.39, 0.29) is 10.8 Å². The van der Waals surface area contributed by atoms with Gasteiger partial charge in [-0.2, -0.15) is 8.42 Å². The molecule has 0 saturated carbocycles. The van der Waals surface area contributed by atoms with Gasteiger partial charge in [0.15, 0.2) is 5.84 Å². The summed E-state index contributed by atoms with van der Waals surface area (Å²) in [5.41, 5.74) is 1.11. The van der Waals surface area contributed by atoms with Crippen LogP contribution in [0.2, 0.25) is 0 Å². The molecule has 1 N–H and O–H groups in total. The van der Waals surface area contributed by atoms with Crippen LogP contribution in [0.3, 0.4) is 0 Å². The first kappa shape index (κ1) is 19.1. The van der Waals surface area contributed by atoms with Crippen LogP contribution in [0.4, 0.5) is 5.69 Å². The van der Waals surface area contributed by atoms with Gasteiger partial charge in [0.05, 0.1) is 0 Å². The Morgan fingerprint density at radius 1 is 1.14 bits per heavy atom. The van der Waals surface area contributed by atoms with E-state index in [0.717, 1.165) is 6.42 Å². The largest absolute Gasteiger partial charge is 0.425 e. The fraction of sp³-hybridized carbons (Fsp3) is 0.250. The summed E-state index contributed by atoms with van der Waals surface area (Å²) < 4.78 is 34.1. The molecule has 1 amide bonds. The smallest absolute Gasteiger partial charge is 0.334 e. The van der Waals surface area contributed by atoms with Gasteiger partial charge in [0, 0.05) is 24.7 Å². The van der Waals surface area contributed by atoms with Crippen LogP contribution in [0.5, 0.6) is 5.75 Å². The predicted molar refractivity (Wildman–Crippen MR) is 106 cm³/mol. The zero-order valence-corrected chi connectivity index (χ0v) is 16.5. The Balaban J connectivity index is 1.53. The molecule has 0 radical (unpaired) electrons. The molecule has 2 aromatic carbocycles. The van der Waals surface area contributed by atoms with E-state index in [1.54, 1.807) is 47.4 Å². The van der Waals surface area contributed by atoms with Gasteiger partial charge in [0.1, 0.15) is 16.7 Å². The van der Waals surface area contributed by atoms with Crippen LogP contribution in [0.15, 0.2) is 57.8 Å². The van der Waals surface area contributed by atoms with E-state index in [0.29, 0.717) is 35.8 Å². The molecule has 2 aliphatic rings. The number of benzene rings is 2. The van der Waals surface area contributed by atoms with E-state index in [1.165, 1.54) is 13.0 Å². The van der Waals surface area contributed by atoms with Crippen LogP contribution in [-0.2, 0) is 19.6 Å². The highest BCUT2D eigenvalue weighted by Gasteiger charge is 2.40. The Morgan fingerprint density at radius 3 is 2.59 bits per heavy atom. The Bertz CT molecular complexity index is 1110. The molecule has 0 spiro atoms. The van der Waals surface area contributed by atoms with Gasteiger partial charge in [0.25, 0.3) is 10.0 Å². The summed E-state index contributed by atoms with van der Waals surface area (Å²) in [7, 11) is -3.76. The van der Waals surface area contributed by atoms with E-state index in [2.05, 4.69) is 9.71 Å². The van der Waals surface area contributed by atoms with Crippen LogP contribution < -0.4 is 10.1 Å². The van der Waals surface area contributed by atoms with Gasteiger partial charge in [-0.05, 0) is 49.2 Å². The first-order valence-electron chi connectivity index (χ1n) is 9.15. The maximum atomic E-state index is 12.8. The lowest BCUT2D eigenvalue weighted by molar-refractivity contribution is -0.138. The summed E-state index contributed by atoms with van der Waals surface area (Å²) in [6.07, 6.45) is 1.27. The molecule has 8 nitrogen and oxygen atoms in total. The van der Waals surface area contributed by atoms with Gasteiger partial charge in [0.2, 0.25) is 5.91 Å². The zero-order chi connectivity index (χ0) is 20.6. The number of sulfonamides is 1. The van der Waals surface area contributed by atoms with E-state index >= 15 is 0 Å². The molecule has 0 unspecified atom stereocenters. The first-order valence-corrected chi connectivity index (χ1v) is 10.6. The summed E-state index contributed by atoms with van der Waals surface area (Å²) in [6, 6.07) is 12.4. The number of rotatable bonds is 3. The normalized spacial score (nSPS) is 19.4. The number of carbonyl (C=O) groups is 2. The SMILES string of the molecule is CC(=O)Nc1ccc(OC(=O)[C@@H]2CCCN2C2=NS(=O)(=O)c3ccccc32)cc1. The molecule has 2 aromatic rings. The Hall–Kier alpha value is -3.20. The van der Waals surface area contributed by atoms with Crippen LogP contribution >= 0.6 is 0 Å². The number of ether oxygens (including phenoxy) is 1. The van der Waals surface area contributed by atoms with E-state index < -0.39 is 22.0 Å². The monoisotopic (exact) mass is 413 g/mol. The average Bonchev–Trinajstić information content (AvgIpc) is 3.26. The molecule has 150 valence electrons. The molecule has 0 bridgehead atoms. The van der Waals surface area contributed by atoms with Crippen molar-refractivity contribution in [3.05, 3.63) is 54.1 Å². The number of likely N-dealkylation sites (tertiary alicyclic amines) is 1. The molecule has 0 aromatic heterocycles. The predicted octanol–water partition coefficient (Wildman–Crippen LogP) is 2.16. The molecular weight excluding hydrogens is 394 g/mol. The summed E-state index contributed by atoms with van der Waals surface area (Å²) in [5.74, 6) is -0.0263. The van der Waals surface area contributed by atoms with Crippen LogP contribution in [-0.4, -0.2) is 43.6 Å². The second-order valence-electron chi connectivity index (χ2n) is 6.86. The quantitative estimate of drug-likeness (QED) is 0.611. The minimum absolute atomic E-state index is 0.155. The molecule has 0 aliphatic carbocycles. The minimum atomic E-state index is -3.76. The maximum Gasteiger partial charge on any atom is 0.334 e. The number of nitrogens with one attached hydrogen (secondary N) is 1. The van der Waals surface area contributed by atoms with Crippen molar-refractivity contribution in [1.29, 1.82) is 0 Å². The molecule has 2 heterocycles. The Morgan fingerprint density at radius 2 is 1.86 bits per heavy atom. The molecule has 29 heavy (non-hydrogen) atoms. The van der Waals surface area contributed by atoms with Crippen molar-refractivity contribution < 1.29 is 22.7 Å². The molecule has 1 atom stereocenters. The number of amidine groups is 1. The number of fused-ring (bicyclic) bond motifs is 1. The molecule has 2 aliphatic heterocycles. The lowest BCUT2D eigenvalue weighted by atomic mass is 10.1. The van der Waals surface area contributed by atoms with Gasteiger partial charge in [-0.25, -0.2) is 4.79 Å². The van der Waals surface area contributed by atoms with Crippen molar-refractivity contribution in [2.75, 3.05) is 11.9 Å². The summed E-state index contributed by atoms with van der Waals surface area (Å²) in [5, 5.41) is 2.64. The highest BCUT2D eigenvalue weighted by molar-refractivity contribution is 7.90. The molecule has 1 fully saturated rings. The van der Waals surface area contributed by atoms with Crippen LogP contribution in [0.25, 0.3) is 0 Å². The lowest BCUT2D eigenvalue weighted by Gasteiger charge is -2.24. The van der Waals surface area contributed by atoms with E-state index in [4.69, 9.17) is 4.74 Å². The van der Waals surface area contributed by atoms with E-state index in [9.17, 15) is 18.0 Å². The zero-order valence-electron chi connectivity index (χ0n) is 15.7. The second-order valence-corrected chi connectivity index (χ2v) is 8.44. The van der Waals surface area contributed by atoms with Crippen molar-refractivity contribution in [1.82, 2.24) is 4.90 Å². The summed E-state index contributed by atoms with van der Waals surface area (Å²) in [4.78, 5) is 25.7. The third kappa shape index (κ3) is 3.73. The highest BCUT2D eigenvalue weighted by atomic mass is 32.2. The molecular formula is C20H19N3O5S. The molecule has 1 saturated heterocycles. The van der Waals surface area contributed by atoms with Gasteiger partial charge < -0.3 is 15.0 Å². The maximum absolute atomic E-state index is 12.8. The lowest BCUT2D eigenvalue weighted by Crippen LogP contribution is -2.42. The van der Waals surface area contributed by atoms with Crippen molar-refractivity contribution in [2.24, 2.45) is 4.40 Å². The number of hydrogen-bond donors (Lipinski definition) is 1. The average molecular weight is 413 g/mol. The van der Waals surface area contributed by atoms with Crippen molar-refractivity contribution >= 4 is 33.4 Å². The van der Waals surface area contributed by atoms with Gasteiger partial charge in [-0.15, -0.1) is 4.40 Å². The van der Waals surface area contributed by atoms with Crippen molar-refractivity contribution in [3.63, 3.8) is 0 Å². The molecule has 9 heteroatoms.